The molecule has 2 aromatic carbocycles. The molecule has 0 aromatic heterocycles. The van der Waals surface area contributed by atoms with Crippen LogP contribution in [0.25, 0.3) is 0 Å². The molecule has 1 heterocycles. The third-order valence-electron chi connectivity index (χ3n) is 5.37. The molecule has 0 aliphatic carbocycles. The first-order chi connectivity index (χ1) is 16.1. The van der Waals surface area contributed by atoms with E-state index < -0.39 is 20.0 Å². The van der Waals surface area contributed by atoms with E-state index in [0.717, 1.165) is 17.1 Å². The SMILES string of the molecule is COc1ccc(S(=O)(=O)NCCOc2ccc(S(=O)(=O)N(C)C)cc2)cc1C(=O)N1CCCC1. The first kappa shape index (κ1) is 25.9. The van der Waals surface area contributed by atoms with Crippen LogP contribution in [0.1, 0.15) is 23.2 Å². The van der Waals surface area contributed by atoms with Crippen LogP contribution in [0, 0.1) is 0 Å². The lowest BCUT2D eigenvalue weighted by Crippen LogP contribution is -2.30. The van der Waals surface area contributed by atoms with Gasteiger partial charge in [-0.1, -0.05) is 0 Å². The Balaban J connectivity index is 1.62. The number of carbonyl (C=O) groups excluding carboxylic acids is 1. The number of rotatable bonds is 10. The molecule has 0 spiro atoms. The molecule has 1 saturated heterocycles. The van der Waals surface area contributed by atoms with E-state index in [0.29, 0.717) is 24.6 Å². The van der Waals surface area contributed by atoms with Gasteiger partial charge in [0.25, 0.3) is 5.91 Å². The van der Waals surface area contributed by atoms with Gasteiger partial charge in [-0.15, -0.1) is 0 Å². The number of ether oxygens (including phenoxy) is 2. The summed E-state index contributed by atoms with van der Waals surface area (Å²) in [5, 5.41) is 0. The Morgan fingerprint density at radius 3 is 2.21 bits per heavy atom. The van der Waals surface area contributed by atoms with Crippen LogP contribution in [0.5, 0.6) is 11.5 Å². The zero-order valence-corrected chi connectivity index (χ0v) is 21.0. The summed E-state index contributed by atoms with van der Waals surface area (Å²) in [5.41, 5.74) is 0.205. The van der Waals surface area contributed by atoms with Crippen LogP contribution in [-0.4, -0.2) is 79.4 Å². The quantitative estimate of drug-likeness (QED) is 0.480. The van der Waals surface area contributed by atoms with Crippen molar-refractivity contribution >= 4 is 26.0 Å². The lowest BCUT2D eigenvalue weighted by atomic mass is 10.1. The maximum atomic E-state index is 12.8. The van der Waals surface area contributed by atoms with Crippen LogP contribution in [0.15, 0.2) is 52.3 Å². The van der Waals surface area contributed by atoms with Crippen molar-refractivity contribution in [1.29, 1.82) is 0 Å². The molecule has 1 fully saturated rings. The zero-order chi connectivity index (χ0) is 24.9. The van der Waals surface area contributed by atoms with Crippen LogP contribution < -0.4 is 14.2 Å². The fourth-order valence-electron chi connectivity index (χ4n) is 3.46. The second-order valence-electron chi connectivity index (χ2n) is 7.87. The predicted octanol–water partition coefficient (Wildman–Crippen LogP) is 1.54. The van der Waals surface area contributed by atoms with Crippen LogP contribution >= 0.6 is 0 Å². The summed E-state index contributed by atoms with van der Waals surface area (Å²) in [5.74, 6) is 0.466. The Labute approximate surface area is 200 Å². The number of hydrogen-bond acceptors (Lipinski definition) is 7. The lowest BCUT2D eigenvalue weighted by molar-refractivity contribution is 0.0789. The monoisotopic (exact) mass is 511 g/mol. The molecule has 12 heteroatoms. The van der Waals surface area contributed by atoms with Gasteiger partial charge in [-0.25, -0.2) is 25.9 Å². The van der Waals surface area contributed by atoms with Gasteiger partial charge >= 0.3 is 0 Å². The molecule has 1 N–H and O–H groups in total. The fraction of sp³-hybridized carbons (Fsp3) is 0.409. The molecule has 10 nitrogen and oxygen atoms in total. The highest BCUT2D eigenvalue weighted by Gasteiger charge is 2.25. The highest BCUT2D eigenvalue weighted by Crippen LogP contribution is 2.25. The number of nitrogens with one attached hydrogen (secondary N) is 1. The molecule has 0 atom stereocenters. The molecule has 1 aliphatic heterocycles. The molecule has 1 amide bonds. The second kappa shape index (κ2) is 10.7. The highest BCUT2D eigenvalue weighted by molar-refractivity contribution is 7.89. The second-order valence-corrected chi connectivity index (χ2v) is 11.8. The first-order valence-corrected chi connectivity index (χ1v) is 13.6. The van der Waals surface area contributed by atoms with Crippen molar-refractivity contribution in [3.05, 3.63) is 48.0 Å². The molecule has 186 valence electrons. The minimum absolute atomic E-state index is 0.0225. The van der Waals surface area contributed by atoms with Gasteiger partial charge in [0.15, 0.2) is 0 Å². The Morgan fingerprint density at radius 2 is 1.62 bits per heavy atom. The van der Waals surface area contributed by atoms with E-state index in [1.54, 1.807) is 4.90 Å². The fourth-order valence-corrected chi connectivity index (χ4v) is 5.40. The van der Waals surface area contributed by atoms with Gasteiger partial charge in [-0.2, -0.15) is 0 Å². The van der Waals surface area contributed by atoms with Crippen LogP contribution in [-0.2, 0) is 20.0 Å². The van der Waals surface area contributed by atoms with Gasteiger partial charge in [-0.05, 0) is 55.3 Å². The van der Waals surface area contributed by atoms with Gasteiger partial charge in [0, 0.05) is 33.7 Å². The average Bonchev–Trinajstić information content (AvgIpc) is 3.36. The molecule has 3 rings (SSSR count). The number of likely N-dealkylation sites (tertiary alicyclic amines) is 1. The van der Waals surface area contributed by atoms with Gasteiger partial charge in [-0.3, -0.25) is 4.79 Å². The van der Waals surface area contributed by atoms with E-state index in [1.165, 1.54) is 63.7 Å². The van der Waals surface area contributed by atoms with E-state index >= 15 is 0 Å². The van der Waals surface area contributed by atoms with Crippen molar-refractivity contribution in [1.82, 2.24) is 13.9 Å². The topological polar surface area (TPSA) is 122 Å². The average molecular weight is 512 g/mol. The Morgan fingerprint density at radius 1 is 1.00 bits per heavy atom. The molecule has 1 aliphatic rings. The van der Waals surface area contributed by atoms with Crippen LogP contribution in [0.3, 0.4) is 0 Å². The highest BCUT2D eigenvalue weighted by atomic mass is 32.2. The summed E-state index contributed by atoms with van der Waals surface area (Å²) >= 11 is 0. The standard InChI is InChI=1S/C22H29N3O7S2/c1-24(2)34(29,30)18-8-6-17(7-9-18)32-15-12-23-33(27,28)19-10-11-21(31-3)20(16-19)22(26)25-13-4-5-14-25/h6-11,16,23H,4-5,12-15H2,1-3H3. The number of hydrogen-bond donors (Lipinski definition) is 1. The molecule has 0 unspecified atom stereocenters. The van der Waals surface area contributed by atoms with E-state index in [2.05, 4.69) is 4.72 Å². The summed E-state index contributed by atoms with van der Waals surface area (Å²) in [6.45, 7) is 1.27. The number of methoxy groups -OCH3 is 1. The van der Waals surface area contributed by atoms with Crippen molar-refractivity contribution in [2.75, 3.05) is 47.4 Å². The van der Waals surface area contributed by atoms with Crippen molar-refractivity contribution in [3.63, 3.8) is 0 Å². The predicted molar refractivity (Wildman–Crippen MR) is 126 cm³/mol. The molecule has 34 heavy (non-hydrogen) atoms. The van der Waals surface area contributed by atoms with E-state index in [9.17, 15) is 21.6 Å². The van der Waals surface area contributed by atoms with Gasteiger partial charge in [0.1, 0.15) is 18.1 Å². The summed E-state index contributed by atoms with van der Waals surface area (Å²) in [6.07, 6.45) is 1.84. The molecule has 2 aromatic rings. The van der Waals surface area contributed by atoms with Crippen molar-refractivity contribution in [2.24, 2.45) is 0 Å². The van der Waals surface area contributed by atoms with Gasteiger partial charge in [0.05, 0.1) is 22.5 Å². The maximum absolute atomic E-state index is 12.8. The van der Waals surface area contributed by atoms with Gasteiger partial charge in [0.2, 0.25) is 20.0 Å². The molecular weight excluding hydrogens is 482 g/mol. The number of benzene rings is 2. The molecule has 0 bridgehead atoms. The Hall–Kier alpha value is -2.67. The largest absolute Gasteiger partial charge is 0.496 e. The summed E-state index contributed by atoms with van der Waals surface area (Å²) in [6, 6.07) is 10.0. The van der Waals surface area contributed by atoms with Crippen molar-refractivity contribution < 1.29 is 31.1 Å². The minimum atomic E-state index is -3.90. The van der Waals surface area contributed by atoms with Crippen LogP contribution in [0.4, 0.5) is 0 Å². The van der Waals surface area contributed by atoms with Crippen LogP contribution in [0.2, 0.25) is 0 Å². The van der Waals surface area contributed by atoms with E-state index in [1.807, 2.05) is 0 Å². The molecule has 0 saturated carbocycles. The number of sulfonamides is 2. The van der Waals surface area contributed by atoms with E-state index in [-0.39, 0.29) is 34.4 Å². The number of nitrogens with zero attached hydrogens (tertiary/aromatic N) is 2. The molecule has 0 radical (unpaired) electrons. The van der Waals surface area contributed by atoms with Crippen molar-refractivity contribution in [2.45, 2.75) is 22.6 Å². The number of carbonyl (C=O) groups is 1. The minimum Gasteiger partial charge on any atom is -0.496 e. The summed E-state index contributed by atoms with van der Waals surface area (Å²) in [7, 11) is -3.11. The summed E-state index contributed by atoms with van der Waals surface area (Å²) in [4.78, 5) is 14.6. The Kier molecular flexibility index (Phi) is 8.18. The Bertz CT molecular complexity index is 1220. The summed E-state index contributed by atoms with van der Waals surface area (Å²) < 4.78 is 64.1. The van der Waals surface area contributed by atoms with E-state index in [4.69, 9.17) is 9.47 Å². The smallest absolute Gasteiger partial charge is 0.257 e. The maximum Gasteiger partial charge on any atom is 0.257 e. The zero-order valence-electron chi connectivity index (χ0n) is 19.4. The number of amides is 1. The normalized spacial score (nSPS) is 14.4. The third-order valence-corrected chi connectivity index (χ3v) is 8.66. The lowest BCUT2D eigenvalue weighted by Gasteiger charge is -2.18. The van der Waals surface area contributed by atoms with Crippen molar-refractivity contribution in [3.8, 4) is 11.5 Å². The first-order valence-electron chi connectivity index (χ1n) is 10.7. The molecular formula is C22H29N3O7S2. The van der Waals surface area contributed by atoms with Gasteiger partial charge < -0.3 is 14.4 Å². The third kappa shape index (κ3) is 5.87.